The minimum atomic E-state index is 0.413. The van der Waals surface area contributed by atoms with E-state index in [9.17, 15) is 0 Å². The van der Waals surface area contributed by atoms with Gasteiger partial charge in [-0.05, 0) is 174 Å². The minimum absolute atomic E-state index is 0.413. The molecule has 8 aromatic rings. The fourth-order valence-electron chi connectivity index (χ4n) is 9.93. The number of para-hydroxylation sites is 2. The van der Waals surface area contributed by atoms with Crippen molar-refractivity contribution in [2.75, 3.05) is 0 Å². The maximum absolute atomic E-state index is 6.75. The first-order chi connectivity index (χ1) is 30.3. The zero-order valence-corrected chi connectivity index (χ0v) is 37.4. The Morgan fingerprint density at radius 3 is 1.95 bits per heavy atom. The molecule has 2 unspecified atom stereocenters. The number of nitrogens with zero attached hydrogens (tertiary/aromatic N) is 2. The van der Waals surface area contributed by atoms with E-state index in [0.29, 0.717) is 11.6 Å². The number of hydrogen-bond acceptors (Lipinski definition) is 1. The standard InChI is InChI=1S/C58H56N3P/c1-38(2)58(62)22-12-17-53(59)52-36-40(24-23-39(52)3)33-41-34-44(42-25-29-46(30-26-42)60-54-18-8-4-13-48(54)49-14-5-9-19-55(49)60)37-45(35-41)43-27-31-47(32-28-43)61-56-20-10-6-15-50(56)51-16-7-11-21-57(51)61/h4-5,8-10,12-14,17-20,22-32,34-38,58H,6-7,11,15-16,21,33,59,62H2,1-3H3/b22-12-,53-17-. The van der Waals surface area contributed by atoms with Crippen LogP contribution in [-0.2, 0) is 25.7 Å². The van der Waals surface area contributed by atoms with Crippen LogP contribution in [0.3, 0.4) is 0 Å². The van der Waals surface area contributed by atoms with Crippen molar-refractivity contribution in [3.8, 4) is 33.6 Å². The predicted octanol–water partition coefficient (Wildman–Crippen LogP) is 14.4. The van der Waals surface area contributed by atoms with Gasteiger partial charge in [0.2, 0.25) is 0 Å². The van der Waals surface area contributed by atoms with Crippen LogP contribution in [0.25, 0.3) is 67.2 Å². The van der Waals surface area contributed by atoms with Crippen molar-refractivity contribution in [2.24, 2.45) is 11.7 Å². The summed E-state index contributed by atoms with van der Waals surface area (Å²) in [7, 11) is 2.93. The van der Waals surface area contributed by atoms with Crippen molar-refractivity contribution in [3.05, 3.63) is 203 Å². The second kappa shape index (κ2) is 17.0. The fraction of sp³-hybridized carbons (Fsp3) is 0.207. The number of rotatable bonds is 10. The van der Waals surface area contributed by atoms with Gasteiger partial charge in [-0.15, -0.1) is 9.24 Å². The Labute approximate surface area is 369 Å². The third-order valence-electron chi connectivity index (χ3n) is 13.4. The van der Waals surface area contributed by atoms with Crippen LogP contribution >= 0.6 is 9.24 Å². The van der Waals surface area contributed by atoms with E-state index in [1.54, 1.807) is 11.1 Å². The topological polar surface area (TPSA) is 35.9 Å². The van der Waals surface area contributed by atoms with Crippen molar-refractivity contribution < 1.29 is 0 Å². The van der Waals surface area contributed by atoms with Gasteiger partial charge in [0.05, 0.1) is 11.0 Å². The maximum Gasteiger partial charge on any atom is 0.0541 e. The number of aryl methyl sites for hydroxylation is 1. The van der Waals surface area contributed by atoms with Crippen molar-refractivity contribution in [3.63, 3.8) is 0 Å². The summed E-state index contributed by atoms with van der Waals surface area (Å²) in [6.45, 7) is 6.62. The van der Waals surface area contributed by atoms with Gasteiger partial charge in [-0.25, -0.2) is 0 Å². The summed E-state index contributed by atoms with van der Waals surface area (Å²) < 4.78 is 4.96. The molecule has 0 spiro atoms. The molecule has 2 atom stereocenters. The van der Waals surface area contributed by atoms with Crippen molar-refractivity contribution in [1.82, 2.24) is 9.13 Å². The summed E-state index contributed by atoms with van der Waals surface area (Å²) in [5.41, 5.74) is 28.6. The van der Waals surface area contributed by atoms with Gasteiger partial charge in [0.25, 0.3) is 0 Å². The molecule has 0 fully saturated rings. The molecule has 10 rings (SSSR count). The van der Waals surface area contributed by atoms with E-state index in [4.69, 9.17) is 5.73 Å². The van der Waals surface area contributed by atoms with Gasteiger partial charge >= 0.3 is 0 Å². The lowest BCUT2D eigenvalue weighted by Crippen LogP contribution is -2.07. The number of nitrogens with two attached hydrogens (primary N) is 1. The summed E-state index contributed by atoms with van der Waals surface area (Å²) in [5, 5.41) is 2.55. The normalized spacial score (nSPS) is 14.6. The van der Waals surface area contributed by atoms with E-state index in [1.165, 1.54) is 97.1 Å². The van der Waals surface area contributed by atoms with Gasteiger partial charge < -0.3 is 14.9 Å². The number of aromatic nitrogens is 2. The van der Waals surface area contributed by atoms with Crippen LogP contribution in [0.1, 0.15) is 77.9 Å². The molecule has 0 saturated heterocycles. The quantitative estimate of drug-likeness (QED) is 0.108. The Balaban J connectivity index is 1.03. The van der Waals surface area contributed by atoms with Crippen LogP contribution < -0.4 is 5.73 Å². The Morgan fingerprint density at radius 2 is 1.29 bits per heavy atom. The highest BCUT2D eigenvalue weighted by molar-refractivity contribution is 7.18. The molecule has 0 amide bonds. The van der Waals surface area contributed by atoms with Gasteiger partial charge in [-0.1, -0.05) is 117 Å². The summed E-state index contributed by atoms with van der Waals surface area (Å²) >= 11 is 0. The zero-order valence-electron chi connectivity index (χ0n) is 36.2. The maximum atomic E-state index is 6.75. The molecular formula is C58H56N3P. The molecule has 2 aromatic heterocycles. The van der Waals surface area contributed by atoms with Crippen LogP contribution in [0.2, 0.25) is 0 Å². The van der Waals surface area contributed by atoms with Crippen LogP contribution in [-0.4, -0.2) is 14.8 Å². The second-order valence-electron chi connectivity index (χ2n) is 17.8. The van der Waals surface area contributed by atoms with E-state index in [-0.39, 0.29) is 0 Å². The first-order valence-corrected chi connectivity index (χ1v) is 23.2. The molecule has 308 valence electrons. The van der Waals surface area contributed by atoms with E-state index < -0.39 is 0 Å². The molecule has 4 heteroatoms. The molecule has 0 saturated carbocycles. The number of hydrogen-bond donors (Lipinski definition) is 1. The largest absolute Gasteiger partial charge is 0.398 e. The molecule has 2 aliphatic carbocycles. The van der Waals surface area contributed by atoms with Gasteiger partial charge in [-0.2, -0.15) is 0 Å². The summed E-state index contributed by atoms with van der Waals surface area (Å²) in [5.74, 6) is 0.555. The molecule has 0 radical (unpaired) electrons. The lowest BCUT2D eigenvalue weighted by Gasteiger charge is -2.17. The van der Waals surface area contributed by atoms with Crippen molar-refractivity contribution in [1.29, 1.82) is 0 Å². The molecule has 0 aliphatic heterocycles. The molecule has 2 aliphatic rings. The van der Waals surface area contributed by atoms with Crippen LogP contribution in [0.15, 0.2) is 158 Å². The lowest BCUT2D eigenvalue weighted by molar-refractivity contribution is 0.660. The molecule has 2 heterocycles. The number of fused-ring (bicyclic) bond motifs is 6. The summed E-state index contributed by atoms with van der Waals surface area (Å²) in [4.78, 5) is 0. The Morgan fingerprint density at radius 1 is 0.661 bits per heavy atom. The highest BCUT2D eigenvalue weighted by Crippen LogP contribution is 2.38. The first kappa shape index (κ1) is 40.0. The third kappa shape index (κ3) is 7.58. The van der Waals surface area contributed by atoms with E-state index >= 15 is 0 Å². The zero-order chi connectivity index (χ0) is 42.3. The van der Waals surface area contributed by atoms with Crippen molar-refractivity contribution in [2.45, 2.75) is 71.4 Å². The minimum Gasteiger partial charge on any atom is -0.398 e. The molecule has 0 bridgehead atoms. The smallest absolute Gasteiger partial charge is 0.0541 e. The highest BCUT2D eigenvalue weighted by atomic mass is 31.0. The molecule has 62 heavy (non-hydrogen) atoms. The molecular weight excluding hydrogens is 770 g/mol. The summed E-state index contributed by atoms with van der Waals surface area (Å²) in [6, 6.07) is 49.8. The Bertz CT molecular complexity index is 2990. The molecule has 3 nitrogen and oxygen atoms in total. The second-order valence-corrected chi connectivity index (χ2v) is 18.6. The van der Waals surface area contributed by atoms with Crippen molar-refractivity contribution >= 4 is 42.8 Å². The highest BCUT2D eigenvalue weighted by Gasteiger charge is 2.25. The first-order valence-electron chi connectivity index (χ1n) is 22.6. The van der Waals surface area contributed by atoms with Crippen LogP contribution in [0.5, 0.6) is 0 Å². The van der Waals surface area contributed by atoms with Gasteiger partial charge in [-0.3, -0.25) is 0 Å². The van der Waals surface area contributed by atoms with Crippen LogP contribution in [0.4, 0.5) is 0 Å². The number of benzene rings is 6. The average Bonchev–Trinajstić information content (AvgIpc) is 3.83. The Kier molecular flexibility index (Phi) is 10.9. The number of allylic oxidation sites excluding steroid dienone is 4. The lowest BCUT2D eigenvalue weighted by atomic mass is 9.91. The predicted molar refractivity (Wildman–Crippen MR) is 269 cm³/mol. The van der Waals surface area contributed by atoms with E-state index in [0.717, 1.165) is 42.6 Å². The monoisotopic (exact) mass is 825 g/mol. The van der Waals surface area contributed by atoms with Gasteiger partial charge in [0, 0.05) is 44.8 Å². The fourth-order valence-corrected chi connectivity index (χ4v) is 10.1. The molecule has 6 aromatic carbocycles. The van der Waals surface area contributed by atoms with Gasteiger partial charge in [0.15, 0.2) is 0 Å². The van der Waals surface area contributed by atoms with Gasteiger partial charge in [0.1, 0.15) is 0 Å². The average molecular weight is 826 g/mol. The SMILES string of the molecule is Cc1ccc(Cc2cc(-c3ccc(-n4c5c(c6c4CCCC6)CCC=C5)cc3)cc(-c3ccc(-n4c5ccccc5c5ccccc54)cc3)c2)cc1/C(N)=C/C=C\C(P)C(C)C. The van der Waals surface area contributed by atoms with E-state index in [1.807, 2.05) is 6.08 Å². The van der Waals surface area contributed by atoms with Crippen LogP contribution in [0, 0.1) is 12.8 Å². The molecule has 2 N–H and O–H groups in total. The van der Waals surface area contributed by atoms with E-state index in [2.05, 4.69) is 197 Å². The Hall–Kier alpha value is -6.15. The summed E-state index contributed by atoms with van der Waals surface area (Å²) in [6.07, 6.45) is 19.1. The third-order valence-corrected chi connectivity index (χ3v) is 14.3.